The Hall–Kier alpha value is -2.66. The topological polar surface area (TPSA) is 75.6 Å². The van der Waals surface area contributed by atoms with Gasteiger partial charge in [-0.05, 0) is 36.1 Å². The van der Waals surface area contributed by atoms with Crippen LogP contribution in [0.15, 0.2) is 48.5 Å². The first-order valence-electron chi connectivity index (χ1n) is 9.31. The number of carboxylic acid groups (broad SMARTS) is 1. The van der Waals surface area contributed by atoms with Crippen LogP contribution < -0.4 is 5.32 Å². The van der Waals surface area contributed by atoms with Gasteiger partial charge >= 0.3 is 5.97 Å². The number of benzene rings is 2. The molecule has 5 heteroatoms. The maximum atomic E-state index is 12.9. The highest BCUT2D eigenvalue weighted by atomic mass is 16.5. The molecule has 0 radical (unpaired) electrons. The molecule has 2 aromatic rings. The summed E-state index contributed by atoms with van der Waals surface area (Å²) in [7, 11) is 1.70. The predicted octanol–water partition coefficient (Wildman–Crippen LogP) is 4.13. The fourth-order valence-corrected chi connectivity index (χ4v) is 3.81. The number of rotatable bonds is 6. The van der Waals surface area contributed by atoms with Crippen molar-refractivity contribution in [1.29, 1.82) is 0 Å². The second-order valence-electron chi connectivity index (χ2n) is 7.03. The summed E-state index contributed by atoms with van der Waals surface area (Å²) >= 11 is 0. The third-order valence-electron chi connectivity index (χ3n) is 5.39. The molecule has 0 aromatic heterocycles. The van der Waals surface area contributed by atoms with E-state index in [2.05, 4.69) is 5.32 Å². The molecule has 0 heterocycles. The lowest BCUT2D eigenvalue weighted by Crippen LogP contribution is -2.45. The molecule has 1 aliphatic rings. The third-order valence-corrected chi connectivity index (χ3v) is 5.39. The number of methoxy groups -OCH3 is 1. The van der Waals surface area contributed by atoms with Crippen LogP contribution in [0, 0.1) is 0 Å². The van der Waals surface area contributed by atoms with Crippen LogP contribution in [0.1, 0.15) is 52.8 Å². The molecule has 0 saturated heterocycles. The van der Waals surface area contributed by atoms with Crippen LogP contribution in [0.25, 0.3) is 11.1 Å². The van der Waals surface area contributed by atoms with Gasteiger partial charge in [0.25, 0.3) is 5.91 Å². The number of amides is 1. The lowest BCUT2D eigenvalue weighted by Gasteiger charge is -2.36. The minimum atomic E-state index is -1.01. The Morgan fingerprint density at radius 1 is 0.963 bits per heavy atom. The van der Waals surface area contributed by atoms with Gasteiger partial charge in [-0.25, -0.2) is 4.79 Å². The zero-order valence-electron chi connectivity index (χ0n) is 15.5. The van der Waals surface area contributed by atoms with Crippen molar-refractivity contribution in [2.45, 2.75) is 37.7 Å². The fourth-order valence-electron chi connectivity index (χ4n) is 3.81. The molecule has 3 rings (SSSR count). The van der Waals surface area contributed by atoms with Crippen molar-refractivity contribution in [2.75, 3.05) is 13.7 Å². The quantitative estimate of drug-likeness (QED) is 0.805. The van der Waals surface area contributed by atoms with Crippen LogP contribution in [0.3, 0.4) is 0 Å². The van der Waals surface area contributed by atoms with Crippen molar-refractivity contribution in [1.82, 2.24) is 5.32 Å². The molecule has 1 fully saturated rings. The number of carbonyl (C=O) groups excluding carboxylic acids is 1. The number of aromatic carboxylic acids is 1. The molecule has 1 saturated carbocycles. The maximum absolute atomic E-state index is 12.9. The van der Waals surface area contributed by atoms with Gasteiger partial charge in [-0.15, -0.1) is 0 Å². The van der Waals surface area contributed by atoms with E-state index < -0.39 is 5.97 Å². The van der Waals surface area contributed by atoms with Gasteiger partial charge in [0, 0.05) is 19.2 Å². The Balaban J connectivity index is 1.86. The number of carboxylic acids is 1. The van der Waals surface area contributed by atoms with Crippen LogP contribution in [0.4, 0.5) is 0 Å². The summed E-state index contributed by atoms with van der Waals surface area (Å²) in [6.07, 6.45) is 5.28. The summed E-state index contributed by atoms with van der Waals surface area (Å²) in [5.74, 6) is -1.23. The van der Waals surface area contributed by atoms with E-state index in [1.165, 1.54) is 6.42 Å². The molecule has 0 unspecified atom stereocenters. The molecule has 0 aliphatic heterocycles. The van der Waals surface area contributed by atoms with E-state index in [4.69, 9.17) is 4.74 Å². The standard InChI is InChI=1S/C22H25NO4/c1-27-22(13-7-2-8-14-22)15-23-20(24)18-11-5-3-9-16(18)17-10-4-6-12-19(17)21(25)26/h3-6,9-12H,2,7-8,13-15H2,1H3,(H,23,24)(H,25,26). The summed E-state index contributed by atoms with van der Waals surface area (Å²) in [5.41, 5.74) is 1.49. The molecule has 5 nitrogen and oxygen atoms in total. The van der Waals surface area contributed by atoms with Gasteiger partial charge in [-0.2, -0.15) is 0 Å². The molecule has 1 aliphatic carbocycles. The van der Waals surface area contributed by atoms with Gasteiger partial charge in [0.2, 0.25) is 0 Å². The molecule has 27 heavy (non-hydrogen) atoms. The molecule has 0 bridgehead atoms. The third kappa shape index (κ3) is 4.19. The zero-order valence-corrected chi connectivity index (χ0v) is 15.5. The largest absolute Gasteiger partial charge is 0.478 e. The number of nitrogens with one attached hydrogen (secondary N) is 1. The van der Waals surface area contributed by atoms with Gasteiger partial charge in [0.05, 0.1) is 11.2 Å². The van der Waals surface area contributed by atoms with Gasteiger partial charge in [-0.1, -0.05) is 55.7 Å². The van der Waals surface area contributed by atoms with Crippen LogP contribution in [-0.2, 0) is 4.74 Å². The van der Waals surface area contributed by atoms with Gasteiger partial charge < -0.3 is 15.2 Å². The van der Waals surface area contributed by atoms with Crippen LogP contribution in [0.2, 0.25) is 0 Å². The number of carbonyl (C=O) groups is 2. The number of hydrogen-bond donors (Lipinski definition) is 2. The zero-order chi connectivity index (χ0) is 19.3. The Kier molecular flexibility index (Phi) is 5.91. The van der Waals surface area contributed by atoms with Crippen molar-refractivity contribution in [3.8, 4) is 11.1 Å². The Labute approximate surface area is 159 Å². The highest BCUT2D eigenvalue weighted by Crippen LogP contribution is 2.31. The summed E-state index contributed by atoms with van der Waals surface area (Å²) in [4.78, 5) is 24.5. The van der Waals surface area contributed by atoms with E-state index in [1.54, 1.807) is 49.6 Å². The summed E-state index contributed by atoms with van der Waals surface area (Å²) in [6.45, 7) is 0.456. The minimum Gasteiger partial charge on any atom is -0.478 e. The molecular formula is C22H25NO4. The van der Waals surface area contributed by atoms with Crippen LogP contribution in [-0.4, -0.2) is 36.2 Å². The normalized spacial score (nSPS) is 15.9. The summed E-state index contributed by atoms with van der Waals surface area (Å²) in [5, 5.41) is 12.5. The van der Waals surface area contributed by atoms with Gasteiger partial charge in [0.15, 0.2) is 0 Å². The Morgan fingerprint density at radius 3 is 2.11 bits per heavy atom. The summed E-state index contributed by atoms with van der Waals surface area (Å²) < 4.78 is 5.74. The fraction of sp³-hybridized carbons (Fsp3) is 0.364. The monoisotopic (exact) mass is 367 g/mol. The SMILES string of the molecule is COC1(CNC(=O)c2ccccc2-c2ccccc2C(=O)O)CCCCC1. The van der Waals surface area contributed by atoms with E-state index in [9.17, 15) is 14.7 Å². The molecule has 0 atom stereocenters. The van der Waals surface area contributed by atoms with Crippen molar-refractivity contribution in [2.24, 2.45) is 0 Å². The molecule has 1 amide bonds. The molecule has 2 N–H and O–H groups in total. The van der Waals surface area contributed by atoms with E-state index in [-0.39, 0.29) is 17.1 Å². The minimum absolute atomic E-state index is 0.179. The number of hydrogen-bond acceptors (Lipinski definition) is 3. The first kappa shape index (κ1) is 19.1. The van der Waals surface area contributed by atoms with Crippen LogP contribution in [0.5, 0.6) is 0 Å². The average molecular weight is 367 g/mol. The first-order chi connectivity index (χ1) is 13.1. The van der Waals surface area contributed by atoms with Crippen molar-refractivity contribution < 1.29 is 19.4 Å². The summed E-state index contributed by atoms with van der Waals surface area (Å²) in [6, 6.07) is 13.8. The first-order valence-corrected chi connectivity index (χ1v) is 9.31. The van der Waals surface area contributed by atoms with Crippen molar-refractivity contribution in [3.05, 3.63) is 59.7 Å². The van der Waals surface area contributed by atoms with E-state index in [0.717, 1.165) is 25.7 Å². The maximum Gasteiger partial charge on any atom is 0.336 e. The lowest BCUT2D eigenvalue weighted by atomic mass is 9.84. The van der Waals surface area contributed by atoms with E-state index >= 15 is 0 Å². The van der Waals surface area contributed by atoms with Crippen LogP contribution >= 0.6 is 0 Å². The molecular weight excluding hydrogens is 342 g/mol. The highest BCUT2D eigenvalue weighted by Gasteiger charge is 2.32. The molecule has 2 aromatic carbocycles. The molecule has 142 valence electrons. The second kappa shape index (κ2) is 8.35. The Morgan fingerprint density at radius 2 is 1.52 bits per heavy atom. The molecule has 0 spiro atoms. The second-order valence-corrected chi connectivity index (χ2v) is 7.03. The average Bonchev–Trinajstić information content (AvgIpc) is 2.72. The lowest BCUT2D eigenvalue weighted by molar-refractivity contribution is -0.0363. The predicted molar refractivity (Wildman–Crippen MR) is 104 cm³/mol. The van der Waals surface area contributed by atoms with Crippen molar-refractivity contribution in [3.63, 3.8) is 0 Å². The van der Waals surface area contributed by atoms with Crippen molar-refractivity contribution >= 4 is 11.9 Å². The van der Waals surface area contributed by atoms with E-state index in [1.807, 2.05) is 6.07 Å². The highest BCUT2D eigenvalue weighted by molar-refractivity contribution is 6.04. The van der Waals surface area contributed by atoms with Gasteiger partial charge in [0.1, 0.15) is 0 Å². The Bertz CT molecular complexity index is 825. The van der Waals surface area contributed by atoms with Gasteiger partial charge in [-0.3, -0.25) is 4.79 Å². The number of ether oxygens (including phenoxy) is 1. The smallest absolute Gasteiger partial charge is 0.336 e. The van der Waals surface area contributed by atoms with E-state index in [0.29, 0.717) is 23.2 Å².